The van der Waals surface area contributed by atoms with Gasteiger partial charge >= 0.3 is 12.1 Å². The molecule has 1 aromatic heterocycles. The zero-order chi connectivity index (χ0) is 22.2. The van der Waals surface area contributed by atoms with Gasteiger partial charge in [0, 0.05) is 49.3 Å². The number of rotatable bonds is 3. The lowest BCUT2D eigenvalue weighted by atomic mass is 10.0. The highest BCUT2D eigenvalue weighted by Crippen LogP contribution is 2.28. The van der Waals surface area contributed by atoms with Crippen molar-refractivity contribution in [3.8, 4) is 0 Å². The molecule has 32 heavy (non-hydrogen) atoms. The number of imide groups is 1. The number of carbonyl (C=O) groups is 3. The Hall–Kier alpha value is -3.14. The molecule has 3 aliphatic heterocycles. The molecular weight excluding hydrogens is 412 g/mol. The fraction of sp³-hybridized carbons (Fsp3) is 0.545. The molecule has 0 unspecified atom stereocenters. The summed E-state index contributed by atoms with van der Waals surface area (Å²) in [7, 11) is 0. The minimum atomic E-state index is -1.25. The topological polar surface area (TPSA) is 122 Å². The molecule has 4 fully saturated rings. The van der Waals surface area contributed by atoms with Crippen molar-refractivity contribution in [3.05, 3.63) is 23.9 Å². The first-order chi connectivity index (χ1) is 15.5. The number of fused-ring (bicyclic) bond motifs is 5. The van der Waals surface area contributed by atoms with E-state index in [1.54, 1.807) is 18.2 Å². The number of aromatic amines is 1. The lowest BCUT2D eigenvalue weighted by Crippen LogP contribution is -2.45. The van der Waals surface area contributed by atoms with E-state index in [1.807, 2.05) is 4.90 Å². The van der Waals surface area contributed by atoms with Gasteiger partial charge in [0.2, 0.25) is 0 Å². The quantitative estimate of drug-likeness (QED) is 0.675. The van der Waals surface area contributed by atoms with Crippen molar-refractivity contribution in [3.63, 3.8) is 0 Å². The molecular formula is C22H28N6O4. The summed E-state index contributed by atoms with van der Waals surface area (Å²) >= 11 is 0. The monoisotopic (exact) mass is 440 g/mol. The van der Waals surface area contributed by atoms with Gasteiger partial charge < -0.3 is 20.2 Å². The van der Waals surface area contributed by atoms with E-state index in [-0.39, 0.29) is 18.0 Å². The second-order valence-corrected chi connectivity index (χ2v) is 8.92. The molecule has 6 rings (SSSR count). The predicted molar refractivity (Wildman–Crippen MR) is 118 cm³/mol. The Morgan fingerprint density at radius 3 is 2.53 bits per heavy atom. The molecule has 1 aliphatic carbocycles. The van der Waals surface area contributed by atoms with Gasteiger partial charge in [-0.25, -0.2) is 14.5 Å². The van der Waals surface area contributed by atoms with Crippen molar-refractivity contribution in [1.29, 1.82) is 0 Å². The van der Waals surface area contributed by atoms with Crippen LogP contribution in [0.5, 0.6) is 0 Å². The summed E-state index contributed by atoms with van der Waals surface area (Å²) in [5.41, 5.74) is 1.47. The number of carbonyl (C=O) groups excluding carboxylic acids is 2. The van der Waals surface area contributed by atoms with E-state index in [9.17, 15) is 19.5 Å². The van der Waals surface area contributed by atoms with Crippen LogP contribution >= 0.6 is 0 Å². The Kier molecular flexibility index (Phi) is 5.46. The maximum absolute atomic E-state index is 13.4. The van der Waals surface area contributed by atoms with Crippen molar-refractivity contribution in [2.45, 2.75) is 50.6 Å². The van der Waals surface area contributed by atoms with Crippen LogP contribution in [-0.2, 0) is 0 Å². The first-order valence-corrected chi connectivity index (χ1v) is 11.4. The lowest BCUT2D eigenvalue weighted by Gasteiger charge is -2.31. The van der Waals surface area contributed by atoms with Crippen LogP contribution in [0.2, 0.25) is 0 Å². The van der Waals surface area contributed by atoms with Crippen LogP contribution in [0.1, 0.15) is 49.0 Å². The fourth-order valence-electron chi connectivity index (χ4n) is 5.30. The van der Waals surface area contributed by atoms with E-state index in [2.05, 4.69) is 20.4 Å². The summed E-state index contributed by atoms with van der Waals surface area (Å²) < 4.78 is 0. The van der Waals surface area contributed by atoms with Gasteiger partial charge in [-0.2, -0.15) is 5.10 Å². The third-order valence-corrected chi connectivity index (χ3v) is 7.05. The number of urea groups is 1. The smallest absolute Gasteiger partial charge is 0.415 e. The van der Waals surface area contributed by atoms with Crippen LogP contribution in [0.15, 0.2) is 18.2 Å². The molecule has 10 heteroatoms. The van der Waals surface area contributed by atoms with Gasteiger partial charge in [-0.05, 0) is 43.9 Å². The Balaban J connectivity index is 1.38. The third-order valence-electron chi connectivity index (χ3n) is 7.05. The molecule has 2 aromatic rings. The summed E-state index contributed by atoms with van der Waals surface area (Å²) in [6.45, 7) is 3.60. The number of carboxylic acid groups (broad SMARTS) is 1. The molecule has 3 saturated heterocycles. The van der Waals surface area contributed by atoms with Crippen LogP contribution in [0.3, 0.4) is 0 Å². The van der Waals surface area contributed by atoms with Gasteiger partial charge in [0.25, 0.3) is 5.91 Å². The number of H-pyrrole nitrogens is 1. The molecule has 4 aliphatic rings. The van der Waals surface area contributed by atoms with E-state index < -0.39 is 12.1 Å². The molecule has 1 saturated carbocycles. The average molecular weight is 441 g/mol. The second-order valence-electron chi connectivity index (χ2n) is 8.92. The molecule has 3 N–H and O–H groups in total. The maximum Gasteiger partial charge on any atom is 0.415 e. The molecule has 4 heterocycles. The number of aromatic nitrogens is 2. The molecule has 0 spiro atoms. The zero-order valence-electron chi connectivity index (χ0n) is 17.9. The maximum atomic E-state index is 13.4. The van der Waals surface area contributed by atoms with Crippen molar-refractivity contribution in [1.82, 2.24) is 24.9 Å². The van der Waals surface area contributed by atoms with E-state index in [1.165, 1.54) is 0 Å². The Bertz CT molecular complexity index is 1040. The first kappa shape index (κ1) is 20.7. The summed E-state index contributed by atoms with van der Waals surface area (Å²) in [4.78, 5) is 43.0. The fourth-order valence-corrected chi connectivity index (χ4v) is 5.30. The SMILES string of the molecule is O=C(c1n[nH]c2ccc(NC(=O)N(C(=O)O)C3CCCC3)cc12)N1CCN2CCC1CC2. The number of benzene rings is 1. The lowest BCUT2D eigenvalue weighted by molar-refractivity contribution is 0.0680. The normalized spacial score (nSPS) is 23.3. The number of anilines is 1. The van der Waals surface area contributed by atoms with Gasteiger partial charge in [-0.15, -0.1) is 0 Å². The van der Waals surface area contributed by atoms with E-state index in [4.69, 9.17) is 0 Å². The Morgan fingerprint density at radius 2 is 1.81 bits per heavy atom. The van der Waals surface area contributed by atoms with Gasteiger partial charge in [0.15, 0.2) is 5.69 Å². The largest absolute Gasteiger partial charge is 0.465 e. The van der Waals surface area contributed by atoms with Crippen molar-refractivity contribution in [2.75, 3.05) is 31.5 Å². The highest BCUT2D eigenvalue weighted by molar-refractivity contribution is 6.07. The minimum Gasteiger partial charge on any atom is -0.465 e. The summed E-state index contributed by atoms with van der Waals surface area (Å²) in [6, 6.07) is 4.38. The van der Waals surface area contributed by atoms with Gasteiger partial charge in [0.05, 0.1) is 5.52 Å². The van der Waals surface area contributed by atoms with Crippen molar-refractivity contribution in [2.24, 2.45) is 0 Å². The van der Waals surface area contributed by atoms with E-state index >= 15 is 0 Å². The first-order valence-electron chi connectivity index (χ1n) is 11.4. The number of amides is 4. The van der Waals surface area contributed by atoms with Crippen LogP contribution in [-0.4, -0.2) is 86.3 Å². The number of piperidine rings is 1. The molecule has 0 radical (unpaired) electrons. The number of hydrogen-bond acceptors (Lipinski definition) is 5. The Morgan fingerprint density at radius 1 is 1.06 bits per heavy atom. The van der Waals surface area contributed by atoms with Gasteiger partial charge in [-0.1, -0.05) is 12.8 Å². The summed E-state index contributed by atoms with van der Waals surface area (Å²) in [5, 5.41) is 20.1. The van der Waals surface area contributed by atoms with Crippen LogP contribution in [0, 0.1) is 0 Å². The standard InChI is InChI=1S/C22H28N6O4/c29-20(27-12-11-26-9-7-15(27)8-10-26)19-17-13-14(5-6-18(17)24-25-19)23-21(30)28(22(31)32)16-3-1-2-4-16/h5-6,13,15-16H,1-4,7-12H2,(H,23,30)(H,24,25)(H,31,32). The second kappa shape index (κ2) is 8.42. The highest BCUT2D eigenvalue weighted by Gasteiger charge is 2.34. The molecule has 170 valence electrons. The minimum absolute atomic E-state index is 0.105. The molecule has 1 aromatic carbocycles. The van der Waals surface area contributed by atoms with Crippen molar-refractivity contribution >= 4 is 34.6 Å². The predicted octanol–water partition coefficient (Wildman–Crippen LogP) is 2.94. The van der Waals surface area contributed by atoms with Gasteiger partial charge in [-0.3, -0.25) is 9.89 Å². The van der Waals surface area contributed by atoms with Crippen molar-refractivity contribution < 1.29 is 19.5 Å². The van der Waals surface area contributed by atoms with E-state index in [0.717, 1.165) is 50.2 Å². The third kappa shape index (κ3) is 3.79. The number of hydrogen-bond donors (Lipinski definition) is 3. The average Bonchev–Trinajstić information content (AvgIpc) is 3.35. The zero-order valence-corrected chi connectivity index (χ0v) is 17.9. The van der Waals surface area contributed by atoms with Crippen LogP contribution in [0.4, 0.5) is 15.3 Å². The summed E-state index contributed by atoms with van der Waals surface area (Å²) in [5.74, 6) is -0.105. The number of nitrogens with zero attached hydrogens (tertiary/aromatic N) is 4. The van der Waals surface area contributed by atoms with Gasteiger partial charge in [0.1, 0.15) is 0 Å². The van der Waals surface area contributed by atoms with Crippen LogP contribution in [0.25, 0.3) is 10.9 Å². The number of nitrogens with one attached hydrogen (secondary N) is 2. The summed E-state index contributed by atoms with van der Waals surface area (Å²) in [6.07, 6.45) is 3.92. The molecule has 4 amide bonds. The van der Waals surface area contributed by atoms with E-state index in [0.29, 0.717) is 41.7 Å². The molecule has 10 nitrogen and oxygen atoms in total. The molecule has 0 atom stereocenters. The Labute approximate surface area is 185 Å². The molecule has 2 bridgehead atoms. The van der Waals surface area contributed by atoms with Crippen LogP contribution < -0.4 is 5.32 Å². The highest BCUT2D eigenvalue weighted by atomic mass is 16.4.